The molecule has 0 fully saturated rings. The molecule has 0 spiro atoms. The van der Waals surface area contributed by atoms with Crippen molar-refractivity contribution in [3.05, 3.63) is 35.4 Å². The van der Waals surface area contributed by atoms with Crippen LogP contribution < -0.4 is 10.6 Å². The van der Waals surface area contributed by atoms with Crippen molar-refractivity contribution >= 4 is 5.91 Å². The van der Waals surface area contributed by atoms with Gasteiger partial charge in [0.25, 0.3) is 0 Å². The summed E-state index contributed by atoms with van der Waals surface area (Å²) in [6.07, 6.45) is 0.927. The second-order valence-electron chi connectivity index (χ2n) is 3.70. The van der Waals surface area contributed by atoms with Crippen LogP contribution in [0.3, 0.4) is 0 Å². The van der Waals surface area contributed by atoms with E-state index in [1.165, 1.54) is 12.1 Å². The maximum Gasteiger partial charge on any atom is 0.221 e. The minimum atomic E-state index is -0.564. The first-order valence-corrected chi connectivity index (χ1v) is 5.48. The molecule has 5 heteroatoms. The highest BCUT2D eigenvalue weighted by molar-refractivity contribution is 5.75. The fourth-order valence-electron chi connectivity index (χ4n) is 1.44. The van der Waals surface area contributed by atoms with Crippen LogP contribution in [0.1, 0.15) is 12.0 Å². The third-order valence-corrected chi connectivity index (χ3v) is 2.32. The molecule has 0 aliphatic heterocycles. The Morgan fingerprint density at radius 1 is 1.18 bits per heavy atom. The highest BCUT2D eigenvalue weighted by Crippen LogP contribution is 2.07. The van der Waals surface area contributed by atoms with Gasteiger partial charge in [0.15, 0.2) is 0 Å². The van der Waals surface area contributed by atoms with Gasteiger partial charge in [0.2, 0.25) is 5.91 Å². The minimum absolute atomic E-state index is 0.0331. The lowest BCUT2D eigenvalue weighted by Gasteiger charge is -2.05. The predicted molar refractivity (Wildman–Crippen MR) is 61.6 cm³/mol. The van der Waals surface area contributed by atoms with E-state index < -0.39 is 11.6 Å². The summed E-state index contributed by atoms with van der Waals surface area (Å²) in [7, 11) is 1.58. The average molecular weight is 242 g/mol. The van der Waals surface area contributed by atoms with Crippen molar-refractivity contribution in [2.24, 2.45) is 0 Å². The molecule has 0 bridgehead atoms. The van der Waals surface area contributed by atoms with E-state index in [2.05, 4.69) is 10.6 Å². The van der Waals surface area contributed by atoms with E-state index in [9.17, 15) is 13.6 Å². The first-order valence-electron chi connectivity index (χ1n) is 5.48. The standard InChI is InChI=1S/C12H16F2N2O/c1-15-12(17)3-5-16-4-2-9-6-10(13)8-11(14)7-9/h6-8,16H,2-5H2,1H3,(H,15,17). The van der Waals surface area contributed by atoms with Crippen LogP contribution in [0, 0.1) is 11.6 Å². The molecule has 1 aromatic rings. The quantitative estimate of drug-likeness (QED) is 0.737. The maximum absolute atomic E-state index is 12.8. The first kappa shape index (κ1) is 13.6. The first-order chi connectivity index (χ1) is 8.11. The minimum Gasteiger partial charge on any atom is -0.359 e. The Labute approximate surface area is 99.2 Å². The fourth-order valence-corrected chi connectivity index (χ4v) is 1.44. The molecule has 0 unspecified atom stereocenters. The lowest BCUT2D eigenvalue weighted by molar-refractivity contribution is -0.120. The summed E-state index contributed by atoms with van der Waals surface area (Å²) in [5.41, 5.74) is 0.606. The SMILES string of the molecule is CNC(=O)CCNCCc1cc(F)cc(F)c1. The summed E-state index contributed by atoms with van der Waals surface area (Å²) < 4.78 is 25.7. The van der Waals surface area contributed by atoms with Crippen molar-refractivity contribution in [3.8, 4) is 0 Å². The van der Waals surface area contributed by atoms with E-state index >= 15 is 0 Å². The summed E-state index contributed by atoms with van der Waals surface area (Å²) in [5.74, 6) is -1.16. The van der Waals surface area contributed by atoms with Crippen molar-refractivity contribution in [1.29, 1.82) is 0 Å². The van der Waals surface area contributed by atoms with Gasteiger partial charge in [-0.15, -0.1) is 0 Å². The molecule has 17 heavy (non-hydrogen) atoms. The molecule has 0 atom stereocenters. The third kappa shape index (κ3) is 5.40. The lowest BCUT2D eigenvalue weighted by Crippen LogP contribution is -2.26. The normalized spacial score (nSPS) is 10.3. The molecule has 1 aromatic carbocycles. The molecular formula is C12H16F2N2O. The summed E-state index contributed by atoms with van der Waals surface area (Å²) in [4.78, 5) is 10.9. The van der Waals surface area contributed by atoms with Crippen LogP contribution in [0.5, 0.6) is 0 Å². The van der Waals surface area contributed by atoms with Gasteiger partial charge < -0.3 is 10.6 Å². The van der Waals surface area contributed by atoms with E-state index in [0.717, 1.165) is 6.07 Å². The lowest BCUT2D eigenvalue weighted by atomic mass is 10.1. The Kier molecular flexibility index (Phi) is 5.56. The van der Waals surface area contributed by atoms with Gasteiger partial charge in [-0.3, -0.25) is 4.79 Å². The number of carbonyl (C=O) groups is 1. The van der Waals surface area contributed by atoms with E-state index in [1.54, 1.807) is 7.05 Å². The second kappa shape index (κ2) is 6.96. The largest absolute Gasteiger partial charge is 0.359 e. The Bertz CT molecular complexity index is 363. The monoisotopic (exact) mass is 242 g/mol. The summed E-state index contributed by atoms with van der Waals surface area (Å²) in [6, 6.07) is 3.47. The third-order valence-electron chi connectivity index (χ3n) is 2.32. The van der Waals surface area contributed by atoms with Gasteiger partial charge >= 0.3 is 0 Å². The predicted octanol–water partition coefficient (Wildman–Crippen LogP) is 1.23. The molecule has 0 aromatic heterocycles. The molecule has 0 radical (unpaired) electrons. The van der Waals surface area contributed by atoms with Crippen molar-refractivity contribution in [1.82, 2.24) is 10.6 Å². The van der Waals surface area contributed by atoms with E-state index in [1.807, 2.05) is 0 Å². The molecule has 1 amide bonds. The highest BCUT2D eigenvalue weighted by Gasteiger charge is 2.01. The number of nitrogens with one attached hydrogen (secondary N) is 2. The summed E-state index contributed by atoms with van der Waals surface area (Å²) >= 11 is 0. The molecule has 0 heterocycles. The van der Waals surface area contributed by atoms with E-state index in [0.29, 0.717) is 31.5 Å². The van der Waals surface area contributed by atoms with Crippen LogP contribution in [0.2, 0.25) is 0 Å². The summed E-state index contributed by atoms with van der Waals surface area (Å²) in [6.45, 7) is 1.14. The van der Waals surface area contributed by atoms with Crippen LogP contribution in [-0.2, 0) is 11.2 Å². The number of benzene rings is 1. The number of hydrogen-bond acceptors (Lipinski definition) is 2. The van der Waals surface area contributed by atoms with Crippen LogP contribution in [0.25, 0.3) is 0 Å². The zero-order valence-electron chi connectivity index (χ0n) is 9.72. The number of hydrogen-bond donors (Lipinski definition) is 2. The highest BCUT2D eigenvalue weighted by atomic mass is 19.1. The fraction of sp³-hybridized carbons (Fsp3) is 0.417. The van der Waals surface area contributed by atoms with Gasteiger partial charge in [-0.25, -0.2) is 8.78 Å². The number of carbonyl (C=O) groups excluding carboxylic acids is 1. The van der Waals surface area contributed by atoms with Gasteiger partial charge in [0.1, 0.15) is 11.6 Å². The second-order valence-corrected chi connectivity index (χ2v) is 3.70. The molecule has 0 aliphatic rings. The van der Waals surface area contributed by atoms with E-state index in [-0.39, 0.29) is 5.91 Å². The van der Waals surface area contributed by atoms with Gasteiger partial charge in [-0.05, 0) is 30.7 Å². The van der Waals surface area contributed by atoms with Crippen LogP contribution in [-0.4, -0.2) is 26.0 Å². The Morgan fingerprint density at radius 3 is 2.41 bits per heavy atom. The molecular weight excluding hydrogens is 226 g/mol. The molecule has 94 valence electrons. The van der Waals surface area contributed by atoms with Crippen molar-refractivity contribution in [2.45, 2.75) is 12.8 Å². The Morgan fingerprint density at radius 2 is 1.82 bits per heavy atom. The van der Waals surface area contributed by atoms with Crippen molar-refractivity contribution in [2.75, 3.05) is 20.1 Å². The van der Waals surface area contributed by atoms with E-state index in [4.69, 9.17) is 0 Å². The number of rotatable bonds is 6. The molecule has 0 saturated carbocycles. The van der Waals surface area contributed by atoms with Crippen molar-refractivity contribution in [3.63, 3.8) is 0 Å². The Balaban J connectivity index is 2.24. The topological polar surface area (TPSA) is 41.1 Å². The average Bonchev–Trinajstić information content (AvgIpc) is 2.27. The smallest absolute Gasteiger partial charge is 0.221 e. The molecule has 3 nitrogen and oxygen atoms in total. The maximum atomic E-state index is 12.8. The van der Waals surface area contributed by atoms with Gasteiger partial charge in [-0.1, -0.05) is 0 Å². The summed E-state index contributed by atoms with van der Waals surface area (Å²) in [5, 5.41) is 5.54. The molecule has 1 rings (SSSR count). The molecule has 0 saturated heterocycles. The van der Waals surface area contributed by atoms with Crippen LogP contribution in [0.4, 0.5) is 8.78 Å². The van der Waals surface area contributed by atoms with Gasteiger partial charge in [0, 0.05) is 26.1 Å². The number of halogens is 2. The van der Waals surface area contributed by atoms with Crippen molar-refractivity contribution < 1.29 is 13.6 Å². The van der Waals surface area contributed by atoms with Crippen LogP contribution >= 0.6 is 0 Å². The number of amides is 1. The van der Waals surface area contributed by atoms with Gasteiger partial charge in [0.05, 0.1) is 0 Å². The molecule has 2 N–H and O–H groups in total. The van der Waals surface area contributed by atoms with Gasteiger partial charge in [-0.2, -0.15) is 0 Å². The zero-order chi connectivity index (χ0) is 12.7. The molecule has 0 aliphatic carbocycles. The van der Waals surface area contributed by atoms with Crippen LogP contribution in [0.15, 0.2) is 18.2 Å². The Hall–Kier alpha value is -1.49. The zero-order valence-corrected chi connectivity index (χ0v) is 9.72.